The molecule has 0 saturated heterocycles. The van der Waals surface area contributed by atoms with Crippen molar-refractivity contribution in [2.75, 3.05) is 0 Å². The Morgan fingerprint density at radius 3 is 2.81 bits per heavy atom. The topological polar surface area (TPSA) is 22.0 Å². The van der Waals surface area contributed by atoms with Gasteiger partial charge >= 0.3 is 0 Å². The molecule has 0 bridgehead atoms. The van der Waals surface area contributed by atoms with Crippen molar-refractivity contribution in [3.05, 3.63) is 36.3 Å². The van der Waals surface area contributed by atoms with Crippen LogP contribution in [0.3, 0.4) is 0 Å². The minimum atomic E-state index is -0.274. The predicted molar refractivity (Wildman–Crippen MR) is 61.7 cm³/mol. The maximum Gasteiger partial charge on any atom is 0.155 e. The molecular formula is C13H14FNO. The van der Waals surface area contributed by atoms with E-state index in [2.05, 4.69) is 0 Å². The van der Waals surface area contributed by atoms with E-state index in [0.717, 1.165) is 10.9 Å². The van der Waals surface area contributed by atoms with Crippen LogP contribution in [0.15, 0.2) is 30.5 Å². The van der Waals surface area contributed by atoms with Crippen molar-refractivity contribution < 1.29 is 9.18 Å². The van der Waals surface area contributed by atoms with Gasteiger partial charge in [0.1, 0.15) is 5.82 Å². The lowest BCUT2D eigenvalue weighted by molar-refractivity contribution is -0.122. The van der Waals surface area contributed by atoms with E-state index in [9.17, 15) is 9.18 Å². The van der Waals surface area contributed by atoms with E-state index >= 15 is 0 Å². The number of aromatic nitrogens is 1. The van der Waals surface area contributed by atoms with E-state index in [-0.39, 0.29) is 17.5 Å². The fourth-order valence-electron chi connectivity index (χ4n) is 1.65. The highest BCUT2D eigenvalue weighted by atomic mass is 19.1. The Morgan fingerprint density at radius 2 is 2.12 bits per heavy atom. The minimum Gasteiger partial charge on any atom is -0.340 e. The molecule has 0 amide bonds. The minimum absolute atomic E-state index is 0.00556. The van der Waals surface area contributed by atoms with Gasteiger partial charge in [-0.3, -0.25) is 4.79 Å². The summed E-state index contributed by atoms with van der Waals surface area (Å²) in [4.78, 5) is 11.6. The van der Waals surface area contributed by atoms with Crippen LogP contribution in [0.25, 0.3) is 10.9 Å². The lowest BCUT2D eigenvalue weighted by atomic mass is 10.1. The molecule has 1 aromatic heterocycles. The van der Waals surface area contributed by atoms with E-state index in [1.54, 1.807) is 10.6 Å². The van der Waals surface area contributed by atoms with Crippen LogP contribution in [0.5, 0.6) is 0 Å². The van der Waals surface area contributed by atoms with Crippen molar-refractivity contribution in [1.29, 1.82) is 0 Å². The zero-order chi connectivity index (χ0) is 11.7. The molecule has 0 aliphatic heterocycles. The zero-order valence-electron chi connectivity index (χ0n) is 9.40. The standard InChI is InChI=1S/C13H14FNO/c1-9(2)13(16)8-15-6-5-10-3-4-11(14)7-12(10)15/h3-7,9H,8H2,1-2H3. The van der Waals surface area contributed by atoms with Crippen LogP contribution in [0.2, 0.25) is 0 Å². The Morgan fingerprint density at radius 1 is 1.38 bits per heavy atom. The molecule has 0 fully saturated rings. The number of nitrogens with zero attached hydrogens (tertiary/aromatic N) is 1. The van der Waals surface area contributed by atoms with Gasteiger partial charge in [-0.15, -0.1) is 0 Å². The van der Waals surface area contributed by atoms with Gasteiger partial charge in [0.05, 0.1) is 12.1 Å². The molecule has 3 heteroatoms. The monoisotopic (exact) mass is 219 g/mol. The molecule has 0 aliphatic rings. The summed E-state index contributed by atoms with van der Waals surface area (Å²) in [5, 5.41) is 0.956. The molecular weight excluding hydrogens is 205 g/mol. The molecule has 0 saturated carbocycles. The van der Waals surface area contributed by atoms with Crippen molar-refractivity contribution in [2.24, 2.45) is 5.92 Å². The molecule has 2 aromatic rings. The van der Waals surface area contributed by atoms with Crippen LogP contribution < -0.4 is 0 Å². The molecule has 1 aromatic carbocycles. The number of hydrogen-bond donors (Lipinski definition) is 0. The number of fused-ring (bicyclic) bond motifs is 1. The Balaban J connectivity index is 2.38. The second-order valence-corrected chi connectivity index (χ2v) is 4.27. The summed E-state index contributed by atoms with van der Waals surface area (Å²) in [5.41, 5.74) is 0.772. The quantitative estimate of drug-likeness (QED) is 0.777. The van der Waals surface area contributed by atoms with Crippen molar-refractivity contribution in [1.82, 2.24) is 4.57 Å². The van der Waals surface area contributed by atoms with E-state index in [4.69, 9.17) is 0 Å². The average molecular weight is 219 g/mol. The van der Waals surface area contributed by atoms with Gasteiger partial charge in [0.25, 0.3) is 0 Å². The van der Waals surface area contributed by atoms with Crippen molar-refractivity contribution in [3.8, 4) is 0 Å². The van der Waals surface area contributed by atoms with Crippen molar-refractivity contribution >= 4 is 16.7 Å². The van der Waals surface area contributed by atoms with Gasteiger partial charge in [0.2, 0.25) is 0 Å². The van der Waals surface area contributed by atoms with E-state index in [1.165, 1.54) is 12.1 Å². The first kappa shape index (κ1) is 10.9. The lowest BCUT2D eigenvalue weighted by Gasteiger charge is -2.07. The maximum atomic E-state index is 13.1. The molecule has 0 atom stereocenters. The third-order valence-corrected chi connectivity index (χ3v) is 2.71. The van der Waals surface area contributed by atoms with Gasteiger partial charge in [0.15, 0.2) is 5.78 Å². The summed E-state index contributed by atoms with van der Waals surface area (Å²) in [6.07, 6.45) is 1.82. The van der Waals surface area contributed by atoms with Gasteiger partial charge in [-0.25, -0.2) is 4.39 Å². The Kier molecular flexibility index (Phi) is 2.77. The molecule has 0 N–H and O–H groups in total. The summed E-state index contributed by atoms with van der Waals surface area (Å²) in [5.74, 6) is -0.114. The van der Waals surface area contributed by atoms with Gasteiger partial charge in [0, 0.05) is 12.1 Å². The summed E-state index contributed by atoms with van der Waals surface area (Å²) in [7, 11) is 0. The molecule has 2 rings (SSSR count). The normalized spacial score (nSPS) is 11.2. The largest absolute Gasteiger partial charge is 0.340 e. The Hall–Kier alpha value is -1.64. The van der Waals surface area contributed by atoms with E-state index in [0.29, 0.717) is 6.54 Å². The summed E-state index contributed by atoms with van der Waals surface area (Å²) in [6.45, 7) is 4.05. The van der Waals surface area contributed by atoms with Crippen molar-refractivity contribution in [3.63, 3.8) is 0 Å². The van der Waals surface area contributed by atoms with Crippen LogP contribution in [0.1, 0.15) is 13.8 Å². The molecule has 16 heavy (non-hydrogen) atoms. The van der Waals surface area contributed by atoms with Crippen LogP contribution in [0.4, 0.5) is 4.39 Å². The Bertz CT molecular complexity index is 528. The van der Waals surface area contributed by atoms with Gasteiger partial charge in [-0.05, 0) is 29.7 Å². The average Bonchev–Trinajstić information content (AvgIpc) is 2.61. The van der Waals surface area contributed by atoms with Crippen LogP contribution in [-0.4, -0.2) is 10.4 Å². The molecule has 0 radical (unpaired) electrons. The first-order valence-electron chi connectivity index (χ1n) is 5.35. The third-order valence-electron chi connectivity index (χ3n) is 2.71. The molecule has 2 nitrogen and oxygen atoms in total. The number of carbonyl (C=O) groups is 1. The first-order valence-corrected chi connectivity index (χ1v) is 5.35. The molecule has 0 aliphatic carbocycles. The second-order valence-electron chi connectivity index (χ2n) is 4.27. The smallest absolute Gasteiger partial charge is 0.155 e. The van der Waals surface area contributed by atoms with Crippen LogP contribution in [0, 0.1) is 11.7 Å². The number of rotatable bonds is 3. The zero-order valence-corrected chi connectivity index (χ0v) is 9.40. The second kappa shape index (κ2) is 4.08. The van der Waals surface area contributed by atoms with Crippen LogP contribution in [-0.2, 0) is 11.3 Å². The fraction of sp³-hybridized carbons (Fsp3) is 0.308. The van der Waals surface area contributed by atoms with Crippen LogP contribution >= 0.6 is 0 Å². The SMILES string of the molecule is CC(C)C(=O)Cn1ccc2ccc(F)cc21. The summed E-state index contributed by atoms with van der Waals surface area (Å²) >= 11 is 0. The third kappa shape index (κ3) is 1.98. The number of benzene rings is 1. The number of carbonyl (C=O) groups excluding carboxylic acids is 1. The molecule has 0 spiro atoms. The fourth-order valence-corrected chi connectivity index (χ4v) is 1.65. The predicted octanol–water partition coefficient (Wildman–Crippen LogP) is 3.01. The van der Waals surface area contributed by atoms with Gasteiger partial charge in [-0.1, -0.05) is 13.8 Å². The summed E-state index contributed by atoms with van der Waals surface area (Å²) in [6, 6.07) is 6.50. The van der Waals surface area contributed by atoms with E-state index < -0.39 is 0 Å². The van der Waals surface area contributed by atoms with E-state index in [1.807, 2.05) is 26.1 Å². The highest BCUT2D eigenvalue weighted by Crippen LogP contribution is 2.17. The van der Waals surface area contributed by atoms with Gasteiger partial charge < -0.3 is 4.57 Å². The molecule has 84 valence electrons. The molecule has 1 heterocycles. The number of hydrogen-bond acceptors (Lipinski definition) is 1. The number of halogens is 1. The van der Waals surface area contributed by atoms with Gasteiger partial charge in [-0.2, -0.15) is 0 Å². The lowest BCUT2D eigenvalue weighted by Crippen LogP contribution is -2.14. The highest BCUT2D eigenvalue weighted by Gasteiger charge is 2.10. The number of ketones is 1. The summed E-state index contributed by atoms with van der Waals surface area (Å²) < 4.78 is 14.9. The highest BCUT2D eigenvalue weighted by molar-refractivity contribution is 5.84. The number of Topliss-reactive ketones (excluding diaryl/α,β-unsaturated/α-hetero) is 1. The maximum absolute atomic E-state index is 13.1. The van der Waals surface area contributed by atoms with Crippen molar-refractivity contribution in [2.45, 2.75) is 20.4 Å². The molecule has 0 unspecified atom stereocenters. The first-order chi connectivity index (χ1) is 7.58. The Labute approximate surface area is 93.7 Å².